The number of rotatable bonds is 7. The molecule has 1 rings (SSSR count). The third-order valence-corrected chi connectivity index (χ3v) is 3.54. The van der Waals surface area contributed by atoms with Gasteiger partial charge >= 0.3 is 0 Å². The molecule has 4 nitrogen and oxygen atoms in total. The van der Waals surface area contributed by atoms with Gasteiger partial charge in [-0.2, -0.15) is 0 Å². The maximum Gasteiger partial charge on any atom is 0.263 e. The Morgan fingerprint density at radius 1 is 1.44 bits per heavy atom. The van der Waals surface area contributed by atoms with Crippen LogP contribution in [0.3, 0.4) is 0 Å². The number of carbonyl (C=O) groups excluding carboxylic acids is 1. The van der Waals surface area contributed by atoms with E-state index in [0.29, 0.717) is 19.0 Å². The smallest absolute Gasteiger partial charge is 0.263 e. The molecule has 5 heteroatoms. The van der Waals surface area contributed by atoms with Crippen molar-refractivity contribution < 1.29 is 4.79 Å². The average molecular weight is 269 g/mol. The van der Waals surface area contributed by atoms with Crippen molar-refractivity contribution >= 4 is 17.2 Å². The van der Waals surface area contributed by atoms with Crippen LogP contribution in [0.2, 0.25) is 0 Å². The van der Waals surface area contributed by atoms with Gasteiger partial charge in [0.05, 0.1) is 10.7 Å². The molecule has 0 aliphatic carbocycles. The number of carbonyl (C=O) groups is 1. The largest absolute Gasteiger partial charge is 0.351 e. The molecule has 1 heterocycles. The Hall–Kier alpha value is -0.940. The molecule has 0 aliphatic heterocycles. The van der Waals surface area contributed by atoms with E-state index in [4.69, 9.17) is 5.73 Å². The zero-order valence-corrected chi connectivity index (χ0v) is 12.3. The number of hydrogen-bond donors (Lipinski definition) is 2. The Morgan fingerprint density at radius 2 is 2.17 bits per heavy atom. The lowest BCUT2D eigenvalue weighted by atomic mass is 10.1. The number of nitrogens with two attached hydrogens (primary N) is 1. The second-order valence-electron chi connectivity index (χ2n) is 4.86. The Labute approximate surface area is 113 Å². The summed E-state index contributed by atoms with van der Waals surface area (Å²) in [6, 6.07) is 0. The van der Waals surface area contributed by atoms with Crippen LogP contribution < -0.4 is 11.1 Å². The van der Waals surface area contributed by atoms with Crippen LogP contribution in [0.1, 0.15) is 47.1 Å². The molecular weight excluding hydrogens is 246 g/mol. The van der Waals surface area contributed by atoms with Gasteiger partial charge in [-0.05, 0) is 38.6 Å². The van der Waals surface area contributed by atoms with E-state index in [2.05, 4.69) is 24.1 Å². The highest BCUT2D eigenvalue weighted by Crippen LogP contribution is 2.20. The summed E-state index contributed by atoms with van der Waals surface area (Å²) in [5.74, 6) is 0.517. The van der Waals surface area contributed by atoms with Crippen LogP contribution in [-0.2, 0) is 6.42 Å². The fraction of sp³-hybridized carbons (Fsp3) is 0.692. The molecule has 0 saturated carbocycles. The minimum absolute atomic E-state index is 0.00766. The number of thiazole rings is 1. The molecule has 0 unspecified atom stereocenters. The normalized spacial score (nSPS) is 10.9. The van der Waals surface area contributed by atoms with Gasteiger partial charge in [-0.3, -0.25) is 4.79 Å². The summed E-state index contributed by atoms with van der Waals surface area (Å²) >= 11 is 1.48. The van der Waals surface area contributed by atoms with E-state index in [9.17, 15) is 4.79 Å². The van der Waals surface area contributed by atoms with Gasteiger partial charge in [-0.1, -0.05) is 13.8 Å². The third-order valence-electron chi connectivity index (χ3n) is 2.53. The minimum Gasteiger partial charge on any atom is -0.351 e. The molecule has 0 fully saturated rings. The Bertz CT molecular complexity index is 388. The van der Waals surface area contributed by atoms with E-state index in [1.807, 2.05) is 6.92 Å². The second kappa shape index (κ2) is 7.48. The van der Waals surface area contributed by atoms with E-state index in [1.54, 1.807) is 0 Å². The molecule has 0 atom stereocenters. The Balaban J connectivity index is 2.60. The quantitative estimate of drug-likeness (QED) is 0.745. The van der Waals surface area contributed by atoms with Crippen molar-refractivity contribution in [2.24, 2.45) is 11.7 Å². The van der Waals surface area contributed by atoms with Crippen LogP contribution in [0.25, 0.3) is 0 Å². The molecule has 102 valence electrons. The number of nitrogens with one attached hydrogen (secondary N) is 1. The van der Waals surface area contributed by atoms with Crippen LogP contribution in [0.5, 0.6) is 0 Å². The summed E-state index contributed by atoms with van der Waals surface area (Å²) in [5.41, 5.74) is 6.35. The van der Waals surface area contributed by atoms with Crippen molar-refractivity contribution in [2.45, 2.75) is 40.0 Å². The zero-order valence-electron chi connectivity index (χ0n) is 11.5. The fourth-order valence-electron chi connectivity index (χ4n) is 1.72. The first-order valence-corrected chi connectivity index (χ1v) is 7.30. The number of aryl methyl sites for hydroxylation is 1. The minimum atomic E-state index is 0.00766. The zero-order chi connectivity index (χ0) is 13.5. The van der Waals surface area contributed by atoms with Crippen molar-refractivity contribution in [3.05, 3.63) is 15.6 Å². The molecular formula is C13H23N3OS. The topological polar surface area (TPSA) is 68.0 Å². The van der Waals surface area contributed by atoms with Gasteiger partial charge in [0, 0.05) is 6.54 Å². The molecule has 0 aromatic carbocycles. The van der Waals surface area contributed by atoms with Crippen molar-refractivity contribution in [1.29, 1.82) is 0 Å². The van der Waals surface area contributed by atoms with Gasteiger partial charge in [-0.25, -0.2) is 4.98 Å². The lowest BCUT2D eigenvalue weighted by molar-refractivity contribution is 0.0956. The molecule has 1 aromatic heterocycles. The molecule has 0 bridgehead atoms. The van der Waals surface area contributed by atoms with Gasteiger partial charge in [0.2, 0.25) is 0 Å². The highest BCUT2D eigenvalue weighted by molar-refractivity contribution is 7.13. The van der Waals surface area contributed by atoms with Crippen molar-refractivity contribution in [2.75, 3.05) is 13.1 Å². The monoisotopic (exact) mass is 269 g/mol. The van der Waals surface area contributed by atoms with E-state index >= 15 is 0 Å². The standard InChI is InChI=1S/C13H23N3OS/c1-9(2)8-11-12(18-10(3)16-11)13(17)15-7-5-4-6-14/h9H,4-8,14H2,1-3H3,(H,15,17). The molecule has 1 aromatic rings. The highest BCUT2D eigenvalue weighted by atomic mass is 32.1. The molecule has 0 radical (unpaired) electrons. The summed E-state index contributed by atoms with van der Waals surface area (Å²) < 4.78 is 0. The van der Waals surface area contributed by atoms with E-state index in [1.165, 1.54) is 11.3 Å². The number of unbranched alkanes of at least 4 members (excludes halogenated alkanes) is 1. The SMILES string of the molecule is Cc1nc(CC(C)C)c(C(=O)NCCCCN)s1. The van der Waals surface area contributed by atoms with Crippen molar-refractivity contribution in [3.63, 3.8) is 0 Å². The second-order valence-corrected chi connectivity index (χ2v) is 6.06. The van der Waals surface area contributed by atoms with Crippen molar-refractivity contribution in [1.82, 2.24) is 10.3 Å². The van der Waals surface area contributed by atoms with E-state index in [0.717, 1.165) is 34.8 Å². The molecule has 0 spiro atoms. The maximum absolute atomic E-state index is 12.1. The van der Waals surface area contributed by atoms with Gasteiger partial charge in [0.15, 0.2) is 0 Å². The summed E-state index contributed by atoms with van der Waals surface area (Å²) in [5, 5.41) is 3.89. The number of aromatic nitrogens is 1. The average Bonchev–Trinajstić information content (AvgIpc) is 2.64. The Morgan fingerprint density at radius 3 is 2.78 bits per heavy atom. The Kier molecular flexibility index (Phi) is 6.29. The first-order valence-electron chi connectivity index (χ1n) is 6.49. The van der Waals surface area contributed by atoms with Crippen LogP contribution in [0.4, 0.5) is 0 Å². The van der Waals surface area contributed by atoms with Gasteiger partial charge < -0.3 is 11.1 Å². The predicted molar refractivity (Wildman–Crippen MR) is 76.0 cm³/mol. The van der Waals surface area contributed by atoms with Gasteiger partial charge in [0.1, 0.15) is 4.88 Å². The van der Waals surface area contributed by atoms with E-state index < -0.39 is 0 Å². The molecule has 0 aliphatic rings. The van der Waals surface area contributed by atoms with E-state index in [-0.39, 0.29) is 5.91 Å². The van der Waals surface area contributed by atoms with Crippen LogP contribution in [0, 0.1) is 12.8 Å². The van der Waals surface area contributed by atoms with Crippen molar-refractivity contribution in [3.8, 4) is 0 Å². The molecule has 18 heavy (non-hydrogen) atoms. The molecule has 3 N–H and O–H groups in total. The number of nitrogens with zero attached hydrogens (tertiary/aromatic N) is 1. The lowest BCUT2D eigenvalue weighted by Gasteiger charge is -2.06. The third kappa shape index (κ3) is 4.74. The molecule has 1 amide bonds. The summed E-state index contributed by atoms with van der Waals surface area (Å²) in [6.07, 6.45) is 2.73. The fourth-order valence-corrected chi connectivity index (χ4v) is 2.59. The first kappa shape index (κ1) is 15.1. The van der Waals surface area contributed by atoms with Crippen LogP contribution >= 0.6 is 11.3 Å². The number of hydrogen-bond acceptors (Lipinski definition) is 4. The van der Waals surface area contributed by atoms with Crippen LogP contribution in [-0.4, -0.2) is 24.0 Å². The predicted octanol–water partition coefficient (Wildman–Crippen LogP) is 2.12. The number of amides is 1. The maximum atomic E-state index is 12.1. The lowest BCUT2D eigenvalue weighted by Crippen LogP contribution is -2.25. The molecule has 0 saturated heterocycles. The van der Waals surface area contributed by atoms with Crippen LogP contribution in [0.15, 0.2) is 0 Å². The summed E-state index contributed by atoms with van der Waals surface area (Å²) in [6.45, 7) is 7.58. The summed E-state index contributed by atoms with van der Waals surface area (Å²) in [4.78, 5) is 17.3. The van der Waals surface area contributed by atoms with Gasteiger partial charge in [0.25, 0.3) is 5.91 Å². The summed E-state index contributed by atoms with van der Waals surface area (Å²) in [7, 11) is 0. The highest BCUT2D eigenvalue weighted by Gasteiger charge is 2.16. The first-order chi connectivity index (χ1) is 8.54. The van der Waals surface area contributed by atoms with Gasteiger partial charge in [-0.15, -0.1) is 11.3 Å².